The van der Waals surface area contributed by atoms with Gasteiger partial charge in [0.05, 0.1) is 4.08 Å². The zero-order chi connectivity index (χ0) is 5.91. The molecule has 0 spiro atoms. The SMILES string of the molecule is [CH2]CC(S)(S)CC. The number of rotatable bonds is 2. The zero-order valence-electron chi connectivity index (χ0n) is 4.52. The van der Waals surface area contributed by atoms with Crippen molar-refractivity contribution in [1.82, 2.24) is 0 Å². The quantitative estimate of drug-likeness (QED) is 0.421. The van der Waals surface area contributed by atoms with Crippen molar-refractivity contribution in [2.24, 2.45) is 0 Å². The summed E-state index contributed by atoms with van der Waals surface area (Å²) in [5.74, 6) is 0. The lowest BCUT2D eigenvalue weighted by Gasteiger charge is -2.16. The molecule has 0 amide bonds. The van der Waals surface area contributed by atoms with Gasteiger partial charge in [0.1, 0.15) is 0 Å². The fourth-order valence-electron chi connectivity index (χ4n) is 0.177. The van der Waals surface area contributed by atoms with Crippen LogP contribution in [0.2, 0.25) is 0 Å². The Morgan fingerprint density at radius 3 is 2.00 bits per heavy atom. The van der Waals surface area contributed by atoms with Gasteiger partial charge in [0.25, 0.3) is 0 Å². The number of hydrogen-bond donors (Lipinski definition) is 2. The van der Waals surface area contributed by atoms with E-state index in [9.17, 15) is 0 Å². The van der Waals surface area contributed by atoms with Crippen LogP contribution in [0.15, 0.2) is 0 Å². The molecule has 0 aromatic carbocycles. The molecule has 0 nitrogen and oxygen atoms in total. The van der Waals surface area contributed by atoms with Crippen LogP contribution >= 0.6 is 25.3 Å². The van der Waals surface area contributed by atoms with E-state index in [0.717, 1.165) is 12.8 Å². The molecule has 0 aliphatic carbocycles. The average Bonchev–Trinajstić information content (AvgIpc) is 1.68. The van der Waals surface area contributed by atoms with Crippen molar-refractivity contribution in [2.45, 2.75) is 23.8 Å². The molecule has 43 valence electrons. The van der Waals surface area contributed by atoms with Gasteiger partial charge in [0, 0.05) is 0 Å². The first-order valence-electron chi connectivity index (χ1n) is 2.36. The van der Waals surface area contributed by atoms with E-state index in [1.54, 1.807) is 0 Å². The summed E-state index contributed by atoms with van der Waals surface area (Å²) in [5, 5.41) is 0. The van der Waals surface area contributed by atoms with Crippen LogP contribution in [0.25, 0.3) is 0 Å². The zero-order valence-corrected chi connectivity index (χ0v) is 6.30. The van der Waals surface area contributed by atoms with Crippen molar-refractivity contribution in [3.8, 4) is 0 Å². The molecular weight excluding hydrogens is 124 g/mol. The molecule has 0 N–H and O–H groups in total. The summed E-state index contributed by atoms with van der Waals surface area (Å²) in [5.41, 5.74) is 0. The Kier molecular flexibility index (Phi) is 3.16. The van der Waals surface area contributed by atoms with Gasteiger partial charge in [-0.3, -0.25) is 0 Å². The van der Waals surface area contributed by atoms with Gasteiger partial charge < -0.3 is 0 Å². The highest BCUT2D eigenvalue weighted by Crippen LogP contribution is 2.26. The molecule has 0 bridgehead atoms. The van der Waals surface area contributed by atoms with Crippen LogP contribution in [0.3, 0.4) is 0 Å². The predicted octanol–water partition coefficient (Wildman–Crippen LogP) is 2.18. The highest BCUT2D eigenvalue weighted by molar-refractivity contribution is 8.00. The molecule has 0 aromatic rings. The molecule has 0 saturated carbocycles. The largest absolute Gasteiger partial charge is 0.162 e. The Morgan fingerprint density at radius 1 is 1.57 bits per heavy atom. The molecule has 7 heavy (non-hydrogen) atoms. The maximum Gasteiger partial charge on any atom is 0.0549 e. The topological polar surface area (TPSA) is 0 Å². The molecule has 0 atom stereocenters. The Balaban J connectivity index is 3.36. The summed E-state index contributed by atoms with van der Waals surface area (Å²) in [6.45, 7) is 5.72. The van der Waals surface area contributed by atoms with E-state index in [1.165, 1.54) is 0 Å². The predicted molar refractivity (Wildman–Crippen MR) is 41.0 cm³/mol. The van der Waals surface area contributed by atoms with Crippen molar-refractivity contribution in [3.05, 3.63) is 6.92 Å². The Bertz CT molecular complexity index is 44.0. The van der Waals surface area contributed by atoms with Crippen molar-refractivity contribution in [3.63, 3.8) is 0 Å². The van der Waals surface area contributed by atoms with Crippen LogP contribution in [-0.2, 0) is 0 Å². The summed E-state index contributed by atoms with van der Waals surface area (Å²) in [6.07, 6.45) is 1.73. The van der Waals surface area contributed by atoms with E-state index in [4.69, 9.17) is 0 Å². The summed E-state index contributed by atoms with van der Waals surface area (Å²) < 4.78 is -0.139. The first-order chi connectivity index (χ1) is 3.12. The molecule has 0 aliphatic rings. The molecule has 0 rings (SSSR count). The lowest BCUT2D eigenvalue weighted by atomic mass is 10.2. The van der Waals surface area contributed by atoms with Crippen LogP contribution in [0.1, 0.15) is 19.8 Å². The van der Waals surface area contributed by atoms with Gasteiger partial charge in [-0.1, -0.05) is 13.8 Å². The van der Waals surface area contributed by atoms with Crippen LogP contribution in [0.5, 0.6) is 0 Å². The molecule has 0 unspecified atom stereocenters. The van der Waals surface area contributed by atoms with E-state index in [1.807, 2.05) is 6.92 Å². The number of hydrogen-bond acceptors (Lipinski definition) is 2. The second-order valence-electron chi connectivity index (χ2n) is 1.59. The lowest BCUT2D eigenvalue weighted by molar-refractivity contribution is 0.789. The Hall–Kier alpha value is 0.700. The smallest absolute Gasteiger partial charge is 0.0549 e. The number of thiol groups is 2. The Labute approximate surface area is 56.5 Å². The maximum atomic E-state index is 4.19. The van der Waals surface area contributed by atoms with Gasteiger partial charge in [-0.25, -0.2) is 0 Å². The van der Waals surface area contributed by atoms with E-state index in [0.29, 0.717) is 0 Å². The fraction of sp³-hybridized carbons (Fsp3) is 0.800. The average molecular weight is 135 g/mol. The van der Waals surface area contributed by atoms with Crippen molar-refractivity contribution in [1.29, 1.82) is 0 Å². The molecule has 0 saturated heterocycles. The molecule has 2 heteroatoms. The molecule has 0 fully saturated rings. The minimum absolute atomic E-state index is 0.139. The summed E-state index contributed by atoms with van der Waals surface area (Å²) in [4.78, 5) is 0. The van der Waals surface area contributed by atoms with Crippen LogP contribution in [0.4, 0.5) is 0 Å². The summed E-state index contributed by atoms with van der Waals surface area (Å²) in [7, 11) is 0. The van der Waals surface area contributed by atoms with Crippen molar-refractivity contribution in [2.75, 3.05) is 0 Å². The normalized spacial score (nSPS) is 12.0. The first kappa shape index (κ1) is 7.70. The fourth-order valence-corrected chi connectivity index (χ4v) is 0.177. The molecule has 0 aromatic heterocycles. The van der Waals surface area contributed by atoms with Gasteiger partial charge in [-0.2, -0.15) is 25.3 Å². The minimum atomic E-state index is -0.139. The second kappa shape index (κ2) is 2.88. The van der Waals surface area contributed by atoms with E-state index < -0.39 is 0 Å². The summed E-state index contributed by atoms with van der Waals surface area (Å²) in [6, 6.07) is 0. The van der Waals surface area contributed by atoms with Gasteiger partial charge in [0.15, 0.2) is 0 Å². The first-order valence-corrected chi connectivity index (χ1v) is 3.26. The van der Waals surface area contributed by atoms with Gasteiger partial charge in [-0.15, -0.1) is 0 Å². The van der Waals surface area contributed by atoms with Gasteiger partial charge in [-0.05, 0) is 12.8 Å². The van der Waals surface area contributed by atoms with E-state index in [2.05, 4.69) is 32.2 Å². The van der Waals surface area contributed by atoms with Crippen LogP contribution < -0.4 is 0 Å². The van der Waals surface area contributed by atoms with Crippen LogP contribution in [0, 0.1) is 6.92 Å². The standard InChI is InChI=1S/C5H11S2/c1-3-5(6,7)4-2/h6-7H,1,3-4H2,2H3. The summed E-state index contributed by atoms with van der Waals surface area (Å²) >= 11 is 8.38. The highest BCUT2D eigenvalue weighted by atomic mass is 32.2. The van der Waals surface area contributed by atoms with E-state index >= 15 is 0 Å². The third-order valence-corrected chi connectivity index (χ3v) is 2.05. The second-order valence-corrected chi connectivity index (χ2v) is 3.65. The minimum Gasteiger partial charge on any atom is -0.162 e. The third kappa shape index (κ3) is 3.30. The van der Waals surface area contributed by atoms with Gasteiger partial charge >= 0.3 is 0 Å². The molecule has 0 heterocycles. The van der Waals surface area contributed by atoms with Gasteiger partial charge in [0.2, 0.25) is 0 Å². The highest BCUT2D eigenvalue weighted by Gasteiger charge is 2.12. The van der Waals surface area contributed by atoms with E-state index in [-0.39, 0.29) is 4.08 Å². The molecule has 1 radical (unpaired) electrons. The lowest BCUT2D eigenvalue weighted by Crippen LogP contribution is -2.07. The monoisotopic (exact) mass is 135 g/mol. The van der Waals surface area contributed by atoms with Crippen LogP contribution in [-0.4, -0.2) is 4.08 Å². The van der Waals surface area contributed by atoms with Crippen molar-refractivity contribution >= 4 is 25.3 Å². The molecule has 0 aliphatic heterocycles. The third-order valence-electron chi connectivity index (χ3n) is 0.967. The molecular formula is C5H11S2. The maximum absolute atomic E-state index is 4.19. The Morgan fingerprint density at radius 2 is 2.00 bits per heavy atom. The van der Waals surface area contributed by atoms with Crippen molar-refractivity contribution < 1.29 is 0 Å².